The van der Waals surface area contributed by atoms with E-state index in [1.54, 1.807) is 37.8 Å². The normalized spacial score (nSPS) is 14.2. The van der Waals surface area contributed by atoms with Gasteiger partial charge in [0.25, 0.3) is 0 Å². The van der Waals surface area contributed by atoms with E-state index in [9.17, 15) is 0 Å². The van der Waals surface area contributed by atoms with E-state index in [-0.39, 0.29) is 6.61 Å². The Morgan fingerprint density at radius 3 is 2.43 bits per heavy atom. The van der Waals surface area contributed by atoms with Gasteiger partial charge in [-0.3, -0.25) is 9.88 Å². The molecule has 0 unspecified atom stereocenters. The van der Waals surface area contributed by atoms with Crippen molar-refractivity contribution in [2.45, 2.75) is 13.2 Å². The molecule has 11 heteroatoms. The summed E-state index contributed by atoms with van der Waals surface area (Å²) in [6.45, 7) is 6.22. The molecule has 0 spiro atoms. The zero-order chi connectivity index (χ0) is 30.3. The van der Waals surface area contributed by atoms with Crippen LogP contribution in [0, 0.1) is 5.82 Å². The molecule has 6 rings (SSSR count). The smallest absolute Gasteiger partial charge is 0.232 e. The van der Waals surface area contributed by atoms with Gasteiger partial charge in [-0.1, -0.05) is 12.1 Å². The minimum absolute atomic E-state index is 0.276. The molecular weight excluding hydrogens is 561 g/mol. The van der Waals surface area contributed by atoms with E-state index in [1.807, 2.05) is 24.3 Å². The second-order valence-corrected chi connectivity index (χ2v) is 10.8. The van der Waals surface area contributed by atoms with Gasteiger partial charge in [0.1, 0.15) is 30.4 Å². The fraction of sp³-hybridized carbons (Fsp3) is 0.303. The first-order valence-corrected chi connectivity index (χ1v) is 14.6. The maximum absolute atomic E-state index is 15.4. The predicted molar refractivity (Wildman–Crippen MR) is 168 cm³/mol. The summed E-state index contributed by atoms with van der Waals surface area (Å²) in [5.41, 5.74) is 4.55. The van der Waals surface area contributed by atoms with Gasteiger partial charge in [-0.15, -0.1) is 0 Å². The molecular formula is C33H36FN7O3. The number of benzene rings is 2. The molecule has 2 aromatic carbocycles. The number of fused-ring (bicyclic) bond motifs is 1. The highest BCUT2D eigenvalue weighted by Gasteiger charge is 2.20. The Bertz CT molecular complexity index is 1670. The molecule has 0 bridgehead atoms. The summed E-state index contributed by atoms with van der Waals surface area (Å²) >= 11 is 0. The molecule has 10 nitrogen and oxygen atoms in total. The van der Waals surface area contributed by atoms with Crippen molar-refractivity contribution in [3.63, 3.8) is 0 Å². The van der Waals surface area contributed by atoms with E-state index >= 15 is 4.39 Å². The van der Waals surface area contributed by atoms with Crippen LogP contribution in [0.15, 0.2) is 73.2 Å². The number of H-pyrrole nitrogens is 1. The van der Waals surface area contributed by atoms with Crippen LogP contribution in [0.1, 0.15) is 11.1 Å². The lowest BCUT2D eigenvalue weighted by Crippen LogP contribution is -2.43. The van der Waals surface area contributed by atoms with Crippen molar-refractivity contribution in [3.8, 4) is 22.8 Å². The highest BCUT2D eigenvalue weighted by Crippen LogP contribution is 2.37. The largest absolute Gasteiger partial charge is 0.489 e. The predicted octanol–water partition coefficient (Wildman–Crippen LogP) is 5.25. The molecule has 0 atom stereocenters. The van der Waals surface area contributed by atoms with Crippen LogP contribution < -0.4 is 14.8 Å². The molecule has 1 aliphatic rings. The van der Waals surface area contributed by atoms with Crippen LogP contribution in [-0.4, -0.2) is 83.3 Å². The Kier molecular flexibility index (Phi) is 9.25. The summed E-state index contributed by atoms with van der Waals surface area (Å²) < 4.78 is 32.4. The lowest BCUT2D eigenvalue weighted by molar-refractivity contribution is 0.144. The number of nitrogens with zero attached hydrogens (tertiary/aromatic N) is 5. The molecule has 0 radical (unpaired) electrons. The van der Waals surface area contributed by atoms with E-state index in [2.05, 4.69) is 54.2 Å². The third-order valence-electron chi connectivity index (χ3n) is 7.62. The molecule has 228 valence electrons. The van der Waals surface area contributed by atoms with E-state index in [0.29, 0.717) is 53.0 Å². The van der Waals surface area contributed by atoms with Gasteiger partial charge >= 0.3 is 0 Å². The van der Waals surface area contributed by atoms with Gasteiger partial charge in [-0.05, 0) is 54.6 Å². The van der Waals surface area contributed by atoms with Crippen molar-refractivity contribution in [2.75, 3.05) is 58.9 Å². The number of halogens is 1. The molecule has 0 amide bonds. The second kappa shape index (κ2) is 13.8. The maximum Gasteiger partial charge on any atom is 0.232 e. The topological polar surface area (TPSA) is 101 Å². The van der Waals surface area contributed by atoms with Crippen LogP contribution in [0.25, 0.3) is 22.2 Å². The SMILES string of the molecule is COCCOc1nc(Nc2ccc(CN3CCN(C)CC3)cc2)nc2[nH]cc(-c3ccc(OCc4ccncc4)cc3F)c12. The van der Waals surface area contributed by atoms with Gasteiger partial charge < -0.3 is 29.4 Å². The summed E-state index contributed by atoms with van der Waals surface area (Å²) in [7, 11) is 3.77. The van der Waals surface area contributed by atoms with Crippen LogP contribution in [0.4, 0.5) is 16.0 Å². The number of hydrogen-bond acceptors (Lipinski definition) is 9. The van der Waals surface area contributed by atoms with Gasteiger partial charge in [0.15, 0.2) is 0 Å². The molecule has 4 heterocycles. The van der Waals surface area contributed by atoms with Crippen molar-refractivity contribution in [1.82, 2.24) is 29.7 Å². The van der Waals surface area contributed by atoms with Crippen molar-refractivity contribution in [2.24, 2.45) is 0 Å². The van der Waals surface area contributed by atoms with Gasteiger partial charge in [-0.2, -0.15) is 9.97 Å². The Morgan fingerprint density at radius 1 is 0.886 bits per heavy atom. The first-order chi connectivity index (χ1) is 21.6. The zero-order valence-corrected chi connectivity index (χ0v) is 24.9. The Morgan fingerprint density at radius 2 is 1.68 bits per heavy atom. The first-order valence-electron chi connectivity index (χ1n) is 14.6. The van der Waals surface area contributed by atoms with E-state index in [1.165, 1.54) is 11.6 Å². The van der Waals surface area contributed by atoms with Crippen LogP contribution in [0.5, 0.6) is 11.6 Å². The number of aromatic nitrogens is 4. The van der Waals surface area contributed by atoms with Crippen LogP contribution in [-0.2, 0) is 17.9 Å². The molecule has 0 aliphatic carbocycles. The number of methoxy groups -OCH3 is 1. The number of aromatic amines is 1. The molecule has 44 heavy (non-hydrogen) atoms. The number of rotatable bonds is 12. The average molecular weight is 598 g/mol. The minimum Gasteiger partial charge on any atom is -0.489 e. The number of likely N-dealkylation sites (N-methyl/N-ethyl adjacent to an activating group) is 1. The summed E-state index contributed by atoms with van der Waals surface area (Å²) in [4.78, 5) is 21.4. The zero-order valence-electron chi connectivity index (χ0n) is 24.9. The molecule has 0 saturated carbocycles. The van der Waals surface area contributed by atoms with E-state index < -0.39 is 5.82 Å². The number of anilines is 2. The Labute approximate surface area is 255 Å². The summed E-state index contributed by atoms with van der Waals surface area (Å²) in [5.74, 6) is 0.692. The van der Waals surface area contributed by atoms with Crippen LogP contribution >= 0.6 is 0 Å². The number of hydrogen-bond donors (Lipinski definition) is 2. The average Bonchev–Trinajstić information content (AvgIpc) is 3.47. The molecule has 5 aromatic rings. The lowest BCUT2D eigenvalue weighted by Gasteiger charge is -2.32. The monoisotopic (exact) mass is 597 g/mol. The number of piperazine rings is 1. The van der Waals surface area contributed by atoms with Crippen molar-refractivity contribution >= 4 is 22.7 Å². The summed E-state index contributed by atoms with van der Waals surface area (Å²) in [6, 6.07) is 16.8. The standard InChI is InChI=1S/C33H36FN7O3/c1-40-13-15-41(16-14-40)21-23-3-5-25(6-4-23)37-33-38-31-30(32(39-33)43-18-17-42-2)28(20-36-31)27-8-7-26(19-29(27)34)44-22-24-9-11-35-12-10-24/h3-12,19-20H,13-18,21-22H2,1-2H3,(H2,36,37,38,39). The number of nitrogens with one attached hydrogen (secondary N) is 2. The van der Waals surface area contributed by atoms with Crippen molar-refractivity contribution in [3.05, 3.63) is 90.1 Å². The van der Waals surface area contributed by atoms with E-state index in [0.717, 1.165) is 44.0 Å². The summed E-state index contributed by atoms with van der Waals surface area (Å²) in [5, 5.41) is 3.87. The highest BCUT2D eigenvalue weighted by atomic mass is 19.1. The van der Waals surface area contributed by atoms with Gasteiger partial charge in [0.2, 0.25) is 11.8 Å². The van der Waals surface area contributed by atoms with Gasteiger partial charge in [0.05, 0.1) is 12.0 Å². The third-order valence-corrected chi connectivity index (χ3v) is 7.62. The molecule has 1 fully saturated rings. The lowest BCUT2D eigenvalue weighted by atomic mass is 10.1. The maximum atomic E-state index is 15.4. The van der Waals surface area contributed by atoms with Gasteiger partial charge in [-0.25, -0.2) is 4.39 Å². The van der Waals surface area contributed by atoms with Crippen LogP contribution in [0.3, 0.4) is 0 Å². The summed E-state index contributed by atoms with van der Waals surface area (Å²) in [6.07, 6.45) is 5.11. The van der Waals surface area contributed by atoms with Gasteiger partial charge in [0, 0.05) is 81.3 Å². The fourth-order valence-electron chi connectivity index (χ4n) is 5.13. The quantitative estimate of drug-likeness (QED) is 0.187. The number of ether oxygens (including phenoxy) is 3. The van der Waals surface area contributed by atoms with Crippen LogP contribution in [0.2, 0.25) is 0 Å². The molecule has 1 saturated heterocycles. The molecule has 2 N–H and O–H groups in total. The van der Waals surface area contributed by atoms with Crippen molar-refractivity contribution in [1.29, 1.82) is 0 Å². The van der Waals surface area contributed by atoms with Crippen molar-refractivity contribution < 1.29 is 18.6 Å². The second-order valence-electron chi connectivity index (χ2n) is 10.8. The number of pyridine rings is 1. The highest BCUT2D eigenvalue weighted by molar-refractivity contribution is 5.98. The van der Waals surface area contributed by atoms with E-state index in [4.69, 9.17) is 14.2 Å². The Hall–Kier alpha value is -4.58. The molecule has 1 aliphatic heterocycles. The molecule has 3 aromatic heterocycles. The first kappa shape index (κ1) is 29.5. The Balaban J connectivity index is 1.21. The third kappa shape index (κ3) is 7.13. The fourth-order valence-corrected chi connectivity index (χ4v) is 5.13. The minimum atomic E-state index is -0.431.